The summed E-state index contributed by atoms with van der Waals surface area (Å²) in [6, 6.07) is 2.07. The van der Waals surface area contributed by atoms with Crippen LogP contribution in [-0.4, -0.2) is 38.3 Å². The van der Waals surface area contributed by atoms with Gasteiger partial charge in [-0.1, -0.05) is 6.07 Å². The maximum atomic E-state index is 13.7. The van der Waals surface area contributed by atoms with Crippen molar-refractivity contribution in [3.05, 3.63) is 29.8 Å². The van der Waals surface area contributed by atoms with Crippen molar-refractivity contribution in [1.82, 2.24) is 9.62 Å². The SMILES string of the molecule is CNC(=O)C1CCCN1S(=O)(=O)c1cccc(F)c1F. The summed E-state index contributed by atoms with van der Waals surface area (Å²) in [5.41, 5.74) is 0. The molecule has 0 aliphatic carbocycles. The predicted octanol–water partition coefficient (Wildman–Crippen LogP) is 0.864. The second-order valence-corrected chi connectivity index (χ2v) is 6.30. The van der Waals surface area contributed by atoms with Crippen LogP contribution in [0.15, 0.2) is 23.1 Å². The Labute approximate surface area is 115 Å². The molecule has 1 saturated heterocycles. The minimum absolute atomic E-state index is 0.108. The fourth-order valence-corrected chi connectivity index (χ4v) is 4.00. The van der Waals surface area contributed by atoms with Crippen LogP contribution < -0.4 is 5.32 Å². The van der Waals surface area contributed by atoms with Gasteiger partial charge in [0.2, 0.25) is 15.9 Å². The molecule has 8 heteroatoms. The van der Waals surface area contributed by atoms with Crippen molar-refractivity contribution in [3.63, 3.8) is 0 Å². The van der Waals surface area contributed by atoms with Gasteiger partial charge in [-0.05, 0) is 25.0 Å². The number of nitrogens with one attached hydrogen (secondary N) is 1. The van der Waals surface area contributed by atoms with Crippen LogP contribution in [0.3, 0.4) is 0 Å². The highest BCUT2D eigenvalue weighted by atomic mass is 32.2. The zero-order chi connectivity index (χ0) is 14.9. The molecule has 0 radical (unpaired) electrons. The van der Waals surface area contributed by atoms with Crippen LogP contribution >= 0.6 is 0 Å². The lowest BCUT2D eigenvalue weighted by Gasteiger charge is -2.23. The van der Waals surface area contributed by atoms with Gasteiger partial charge in [-0.25, -0.2) is 17.2 Å². The molecule has 1 N–H and O–H groups in total. The topological polar surface area (TPSA) is 66.5 Å². The average Bonchev–Trinajstić information content (AvgIpc) is 2.90. The summed E-state index contributed by atoms with van der Waals surface area (Å²) >= 11 is 0. The van der Waals surface area contributed by atoms with E-state index in [1.54, 1.807) is 0 Å². The second kappa shape index (κ2) is 5.45. The summed E-state index contributed by atoms with van der Waals surface area (Å²) in [7, 11) is -2.84. The lowest BCUT2D eigenvalue weighted by molar-refractivity contribution is -0.123. The van der Waals surface area contributed by atoms with Crippen LogP contribution in [0.5, 0.6) is 0 Å². The van der Waals surface area contributed by atoms with Gasteiger partial charge in [-0.15, -0.1) is 0 Å². The quantitative estimate of drug-likeness (QED) is 0.901. The first-order chi connectivity index (χ1) is 9.39. The third kappa shape index (κ3) is 2.40. The van der Waals surface area contributed by atoms with Crippen molar-refractivity contribution in [2.75, 3.05) is 13.6 Å². The summed E-state index contributed by atoms with van der Waals surface area (Å²) in [5, 5.41) is 2.37. The van der Waals surface area contributed by atoms with Crippen molar-refractivity contribution in [2.45, 2.75) is 23.8 Å². The second-order valence-electron chi connectivity index (χ2n) is 4.44. The van der Waals surface area contributed by atoms with Gasteiger partial charge < -0.3 is 5.32 Å². The molecule has 1 atom stereocenters. The number of carbonyl (C=O) groups is 1. The molecule has 1 aliphatic heterocycles. The number of likely N-dealkylation sites (N-methyl/N-ethyl adjacent to an activating group) is 1. The molecular weight excluding hydrogens is 290 g/mol. The Morgan fingerprint density at radius 2 is 2.10 bits per heavy atom. The highest BCUT2D eigenvalue weighted by Crippen LogP contribution is 2.28. The third-order valence-electron chi connectivity index (χ3n) is 3.26. The predicted molar refractivity (Wildman–Crippen MR) is 67.3 cm³/mol. The van der Waals surface area contributed by atoms with Gasteiger partial charge in [0.25, 0.3) is 0 Å². The van der Waals surface area contributed by atoms with Gasteiger partial charge in [-0.2, -0.15) is 4.31 Å². The molecule has 0 aromatic heterocycles. The first-order valence-electron chi connectivity index (χ1n) is 6.07. The third-order valence-corrected chi connectivity index (χ3v) is 5.18. The summed E-state index contributed by atoms with van der Waals surface area (Å²) in [4.78, 5) is 10.9. The van der Waals surface area contributed by atoms with E-state index in [0.717, 1.165) is 22.5 Å². The van der Waals surface area contributed by atoms with E-state index >= 15 is 0 Å². The highest BCUT2D eigenvalue weighted by Gasteiger charge is 2.40. The average molecular weight is 304 g/mol. The van der Waals surface area contributed by atoms with Gasteiger partial charge in [0.1, 0.15) is 10.9 Å². The van der Waals surface area contributed by atoms with E-state index in [1.807, 2.05) is 0 Å². The summed E-state index contributed by atoms with van der Waals surface area (Å²) in [6.07, 6.45) is 0.851. The number of nitrogens with zero attached hydrogens (tertiary/aromatic N) is 1. The van der Waals surface area contributed by atoms with Gasteiger partial charge in [-0.3, -0.25) is 4.79 Å². The molecule has 2 rings (SSSR count). The normalized spacial score (nSPS) is 20.1. The summed E-state index contributed by atoms with van der Waals surface area (Å²) < 4.78 is 52.5. The minimum Gasteiger partial charge on any atom is -0.358 e. The maximum Gasteiger partial charge on any atom is 0.246 e. The lowest BCUT2D eigenvalue weighted by atomic mass is 10.2. The molecule has 110 valence electrons. The van der Waals surface area contributed by atoms with Crippen molar-refractivity contribution in [2.24, 2.45) is 0 Å². The Bertz CT molecular complexity index is 634. The number of benzene rings is 1. The van der Waals surface area contributed by atoms with Gasteiger partial charge in [0, 0.05) is 13.6 Å². The number of sulfonamides is 1. The number of rotatable bonds is 3. The van der Waals surface area contributed by atoms with E-state index in [4.69, 9.17) is 0 Å². The Balaban J connectivity index is 2.44. The van der Waals surface area contributed by atoms with Crippen LogP contribution in [0.2, 0.25) is 0 Å². The lowest BCUT2D eigenvalue weighted by Crippen LogP contribution is -2.45. The first kappa shape index (κ1) is 14.9. The zero-order valence-corrected chi connectivity index (χ0v) is 11.6. The standard InChI is InChI=1S/C12H14F2N2O3S/c1-15-12(17)9-5-3-7-16(9)20(18,19)10-6-2-4-8(13)11(10)14/h2,4,6,9H,3,5,7H2,1H3,(H,15,17). The molecule has 0 spiro atoms. The molecule has 1 heterocycles. The molecule has 0 bridgehead atoms. The Morgan fingerprint density at radius 3 is 2.75 bits per heavy atom. The fourth-order valence-electron chi connectivity index (χ4n) is 2.27. The van der Waals surface area contributed by atoms with E-state index in [1.165, 1.54) is 7.05 Å². The van der Waals surface area contributed by atoms with E-state index in [2.05, 4.69) is 5.32 Å². The largest absolute Gasteiger partial charge is 0.358 e. The Morgan fingerprint density at radius 1 is 1.40 bits per heavy atom. The molecule has 1 unspecified atom stereocenters. The van der Waals surface area contributed by atoms with Crippen molar-refractivity contribution in [3.8, 4) is 0 Å². The van der Waals surface area contributed by atoms with Crippen LogP contribution in [0, 0.1) is 11.6 Å². The molecule has 1 aliphatic rings. The number of hydrogen-bond acceptors (Lipinski definition) is 3. The zero-order valence-electron chi connectivity index (χ0n) is 10.8. The number of hydrogen-bond donors (Lipinski definition) is 1. The van der Waals surface area contributed by atoms with E-state index in [9.17, 15) is 22.0 Å². The van der Waals surface area contributed by atoms with Crippen molar-refractivity contribution < 1.29 is 22.0 Å². The smallest absolute Gasteiger partial charge is 0.246 e. The summed E-state index contributed by atoms with van der Waals surface area (Å²) in [5.74, 6) is -3.11. The molecule has 1 aromatic rings. The Hall–Kier alpha value is -1.54. The van der Waals surface area contributed by atoms with Gasteiger partial charge in [0.05, 0.1) is 0 Å². The highest BCUT2D eigenvalue weighted by molar-refractivity contribution is 7.89. The number of amides is 1. The maximum absolute atomic E-state index is 13.7. The Kier molecular flexibility index (Phi) is 4.05. The molecule has 0 saturated carbocycles. The first-order valence-corrected chi connectivity index (χ1v) is 7.51. The van der Waals surface area contributed by atoms with Crippen LogP contribution in [0.25, 0.3) is 0 Å². The monoisotopic (exact) mass is 304 g/mol. The molecule has 5 nitrogen and oxygen atoms in total. The molecule has 1 amide bonds. The minimum atomic E-state index is -4.24. The van der Waals surface area contributed by atoms with E-state index < -0.39 is 38.5 Å². The summed E-state index contributed by atoms with van der Waals surface area (Å²) in [6.45, 7) is 0.108. The van der Waals surface area contributed by atoms with Crippen LogP contribution in [0.4, 0.5) is 8.78 Å². The molecular formula is C12H14F2N2O3S. The van der Waals surface area contributed by atoms with Gasteiger partial charge >= 0.3 is 0 Å². The van der Waals surface area contributed by atoms with Crippen molar-refractivity contribution >= 4 is 15.9 Å². The number of carbonyl (C=O) groups excluding carboxylic acids is 1. The fraction of sp³-hybridized carbons (Fsp3) is 0.417. The molecule has 1 aromatic carbocycles. The van der Waals surface area contributed by atoms with Crippen molar-refractivity contribution in [1.29, 1.82) is 0 Å². The number of halogens is 2. The van der Waals surface area contributed by atoms with E-state index in [0.29, 0.717) is 12.8 Å². The molecule has 20 heavy (non-hydrogen) atoms. The van der Waals surface area contributed by atoms with Crippen LogP contribution in [-0.2, 0) is 14.8 Å². The molecule has 1 fully saturated rings. The van der Waals surface area contributed by atoms with E-state index in [-0.39, 0.29) is 6.54 Å². The van der Waals surface area contributed by atoms with Crippen LogP contribution in [0.1, 0.15) is 12.8 Å². The van der Waals surface area contributed by atoms with Gasteiger partial charge in [0.15, 0.2) is 11.6 Å².